The maximum Gasteiger partial charge on any atom is 0.166 e. The van der Waals surface area contributed by atoms with Gasteiger partial charge in [0.1, 0.15) is 5.75 Å². The van der Waals surface area contributed by atoms with Crippen molar-refractivity contribution in [3.05, 3.63) is 65.7 Å². The number of phenols is 1. The highest BCUT2D eigenvalue weighted by Gasteiger charge is 1.97. The second-order valence-corrected chi connectivity index (χ2v) is 4.92. The Morgan fingerprint density at radius 3 is 2.30 bits per heavy atom. The fourth-order valence-electron chi connectivity index (χ4n) is 1.82. The van der Waals surface area contributed by atoms with Gasteiger partial charge in [0.2, 0.25) is 0 Å². The summed E-state index contributed by atoms with van der Waals surface area (Å²) in [4.78, 5) is 0. The fraction of sp³-hybridized carbons (Fsp3) is 0.188. The average Bonchev–Trinajstić information content (AvgIpc) is 2.48. The number of hydrogen-bond acceptors (Lipinski definition) is 2. The van der Waals surface area contributed by atoms with Crippen LogP contribution in [0.15, 0.2) is 54.6 Å². The minimum atomic E-state index is 0.293. The standard InChI is InChI=1S/C16H18N2OS/c19-15-8-6-13(7-9-15)10-11-17-16(20)18-12-14-4-2-1-3-5-14/h1-9,19H,10-12H2,(H2,17,18,20). The molecule has 0 spiro atoms. The van der Waals surface area contributed by atoms with E-state index in [0.29, 0.717) is 10.9 Å². The molecule has 2 aromatic rings. The van der Waals surface area contributed by atoms with Crippen molar-refractivity contribution in [3.8, 4) is 5.75 Å². The maximum absolute atomic E-state index is 9.20. The number of benzene rings is 2. The van der Waals surface area contributed by atoms with Gasteiger partial charge in [-0.1, -0.05) is 42.5 Å². The molecule has 0 bridgehead atoms. The van der Waals surface area contributed by atoms with Crippen molar-refractivity contribution in [3.63, 3.8) is 0 Å². The van der Waals surface area contributed by atoms with E-state index >= 15 is 0 Å². The molecule has 2 aromatic carbocycles. The maximum atomic E-state index is 9.20. The van der Waals surface area contributed by atoms with Crippen LogP contribution in [0.4, 0.5) is 0 Å². The molecule has 4 heteroatoms. The number of nitrogens with one attached hydrogen (secondary N) is 2. The highest BCUT2D eigenvalue weighted by molar-refractivity contribution is 7.80. The molecular formula is C16H18N2OS. The highest BCUT2D eigenvalue weighted by atomic mass is 32.1. The van der Waals surface area contributed by atoms with E-state index in [9.17, 15) is 5.11 Å². The van der Waals surface area contributed by atoms with Crippen LogP contribution in [0.2, 0.25) is 0 Å². The Morgan fingerprint density at radius 1 is 0.900 bits per heavy atom. The lowest BCUT2D eigenvalue weighted by atomic mass is 10.1. The van der Waals surface area contributed by atoms with E-state index in [0.717, 1.165) is 19.5 Å². The Balaban J connectivity index is 1.66. The summed E-state index contributed by atoms with van der Waals surface area (Å²) in [5.74, 6) is 0.293. The molecule has 0 fully saturated rings. The molecule has 0 aliphatic rings. The van der Waals surface area contributed by atoms with Crippen LogP contribution in [0.25, 0.3) is 0 Å². The quantitative estimate of drug-likeness (QED) is 0.739. The lowest BCUT2D eigenvalue weighted by Crippen LogP contribution is -2.35. The molecule has 2 rings (SSSR count). The molecule has 0 heterocycles. The van der Waals surface area contributed by atoms with Crippen LogP contribution in [0, 0.1) is 0 Å². The summed E-state index contributed by atoms with van der Waals surface area (Å²) in [7, 11) is 0. The summed E-state index contributed by atoms with van der Waals surface area (Å²) in [6.45, 7) is 1.50. The van der Waals surface area contributed by atoms with Crippen molar-refractivity contribution in [2.75, 3.05) is 6.54 Å². The Hall–Kier alpha value is -2.07. The van der Waals surface area contributed by atoms with E-state index in [2.05, 4.69) is 22.8 Å². The van der Waals surface area contributed by atoms with Gasteiger partial charge in [0.15, 0.2) is 5.11 Å². The van der Waals surface area contributed by atoms with Crippen molar-refractivity contribution >= 4 is 17.3 Å². The Labute approximate surface area is 124 Å². The summed E-state index contributed by atoms with van der Waals surface area (Å²) in [5.41, 5.74) is 2.37. The van der Waals surface area contributed by atoms with Crippen molar-refractivity contribution < 1.29 is 5.11 Å². The van der Waals surface area contributed by atoms with Crippen molar-refractivity contribution in [2.45, 2.75) is 13.0 Å². The van der Waals surface area contributed by atoms with Crippen LogP contribution >= 0.6 is 12.2 Å². The van der Waals surface area contributed by atoms with Gasteiger partial charge in [0, 0.05) is 13.1 Å². The van der Waals surface area contributed by atoms with E-state index in [1.807, 2.05) is 30.3 Å². The normalized spacial score (nSPS) is 10.0. The molecule has 104 valence electrons. The second-order valence-electron chi connectivity index (χ2n) is 4.51. The minimum Gasteiger partial charge on any atom is -0.508 e. The number of rotatable bonds is 5. The lowest BCUT2D eigenvalue weighted by Gasteiger charge is -2.10. The van der Waals surface area contributed by atoms with Crippen LogP contribution in [0.3, 0.4) is 0 Å². The third-order valence-electron chi connectivity index (χ3n) is 2.93. The summed E-state index contributed by atoms with van der Waals surface area (Å²) < 4.78 is 0. The smallest absolute Gasteiger partial charge is 0.166 e. The first-order valence-electron chi connectivity index (χ1n) is 6.57. The minimum absolute atomic E-state index is 0.293. The molecule has 0 atom stereocenters. The molecular weight excluding hydrogens is 268 g/mol. The molecule has 3 nitrogen and oxygen atoms in total. The molecule has 0 aliphatic carbocycles. The van der Waals surface area contributed by atoms with Crippen LogP contribution in [-0.4, -0.2) is 16.8 Å². The highest BCUT2D eigenvalue weighted by Crippen LogP contribution is 2.09. The van der Waals surface area contributed by atoms with E-state index < -0.39 is 0 Å². The zero-order valence-corrected chi connectivity index (χ0v) is 12.0. The van der Waals surface area contributed by atoms with E-state index in [-0.39, 0.29) is 0 Å². The molecule has 0 saturated heterocycles. The third kappa shape index (κ3) is 4.90. The fourth-order valence-corrected chi connectivity index (χ4v) is 2.00. The van der Waals surface area contributed by atoms with E-state index in [1.54, 1.807) is 12.1 Å². The molecule has 0 radical (unpaired) electrons. The van der Waals surface area contributed by atoms with Crippen LogP contribution in [-0.2, 0) is 13.0 Å². The number of aromatic hydroxyl groups is 1. The Morgan fingerprint density at radius 2 is 1.60 bits per heavy atom. The second kappa shape index (κ2) is 7.50. The molecule has 0 amide bonds. The molecule has 0 aromatic heterocycles. The van der Waals surface area contributed by atoms with Gasteiger partial charge >= 0.3 is 0 Å². The number of thiocarbonyl (C=S) groups is 1. The van der Waals surface area contributed by atoms with Crippen LogP contribution < -0.4 is 10.6 Å². The van der Waals surface area contributed by atoms with Gasteiger partial charge in [0.05, 0.1) is 0 Å². The number of phenolic OH excluding ortho intramolecular Hbond substituents is 1. The first kappa shape index (κ1) is 14.3. The van der Waals surface area contributed by atoms with Gasteiger partial charge in [0.25, 0.3) is 0 Å². The van der Waals surface area contributed by atoms with Gasteiger partial charge in [-0.3, -0.25) is 0 Å². The summed E-state index contributed by atoms with van der Waals surface area (Å²) in [6, 6.07) is 17.4. The third-order valence-corrected chi connectivity index (χ3v) is 3.22. The number of hydrogen-bond donors (Lipinski definition) is 3. The van der Waals surface area contributed by atoms with Crippen LogP contribution in [0.5, 0.6) is 5.75 Å². The van der Waals surface area contributed by atoms with Crippen molar-refractivity contribution in [2.24, 2.45) is 0 Å². The van der Waals surface area contributed by atoms with Gasteiger partial charge < -0.3 is 15.7 Å². The molecule has 20 heavy (non-hydrogen) atoms. The molecule has 3 N–H and O–H groups in total. The van der Waals surface area contributed by atoms with E-state index in [4.69, 9.17) is 12.2 Å². The van der Waals surface area contributed by atoms with Crippen molar-refractivity contribution in [1.82, 2.24) is 10.6 Å². The van der Waals surface area contributed by atoms with Gasteiger partial charge in [-0.2, -0.15) is 0 Å². The summed E-state index contributed by atoms with van der Waals surface area (Å²) in [5, 5.41) is 16.2. The van der Waals surface area contributed by atoms with Crippen molar-refractivity contribution in [1.29, 1.82) is 0 Å². The van der Waals surface area contributed by atoms with Gasteiger partial charge in [-0.25, -0.2) is 0 Å². The SMILES string of the molecule is Oc1ccc(CCNC(=S)NCc2ccccc2)cc1. The average molecular weight is 286 g/mol. The largest absolute Gasteiger partial charge is 0.508 e. The molecule has 0 saturated carbocycles. The predicted octanol–water partition coefficient (Wildman–Crippen LogP) is 2.60. The molecule has 0 aliphatic heterocycles. The Bertz CT molecular complexity index is 540. The first-order chi connectivity index (χ1) is 9.74. The van der Waals surface area contributed by atoms with Gasteiger partial charge in [-0.15, -0.1) is 0 Å². The first-order valence-corrected chi connectivity index (χ1v) is 6.98. The Kier molecular flexibility index (Phi) is 5.38. The topological polar surface area (TPSA) is 44.3 Å². The van der Waals surface area contributed by atoms with Crippen LogP contribution in [0.1, 0.15) is 11.1 Å². The zero-order valence-electron chi connectivity index (χ0n) is 11.2. The van der Waals surface area contributed by atoms with Gasteiger partial charge in [-0.05, 0) is 41.9 Å². The summed E-state index contributed by atoms with van der Waals surface area (Å²) in [6.07, 6.45) is 0.868. The summed E-state index contributed by atoms with van der Waals surface area (Å²) >= 11 is 5.23. The lowest BCUT2D eigenvalue weighted by molar-refractivity contribution is 0.475. The zero-order chi connectivity index (χ0) is 14.2. The monoisotopic (exact) mass is 286 g/mol. The molecule has 0 unspecified atom stereocenters. The van der Waals surface area contributed by atoms with E-state index in [1.165, 1.54) is 11.1 Å². The predicted molar refractivity (Wildman–Crippen MR) is 85.7 cm³/mol.